The highest BCUT2D eigenvalue weighted by molar-refractivity contribution is 5.18. The highest BCUT2D eigenvalue weighted by Gasteiger charge is 2.10. The maximum absolute atomic E-state index is 9.47. The van der Waals surface area contributed by atoms with Crippen LogP contribution in [-0.2, 0) is 0 Å². The fourth-order valence-corrected chi connectivity index (χ4v) is 0.954. The molecule has 1 unspecified atom stereocenters. The van der Waals surface area contributed by atoms with Crippen LogP contribution in [0.5, 0.6) is 0 Å². The lowest BCUT2D eigenvalue weighted by molar-refractivity contribution is 0.153. The molecule has 0 spiro atoms. The van der Waals surface area contributed by atoms with Crippen LogP contribution in [0.15, 0.2) is 30.3 Å². The maximum Gasteiger partial charge on any atom is 0.0938 e. The number of hydrogen-bond donors (Lipinski definition) is 2. The average molecular weight is 151 g/mol. The molecule has 0 aromatic heterocycles. The molecule has 0 saturated carbocycles. The van der Waals surface area contributed by atoms with Crippen molar-refractivity contribution in [2.24, 2.45) is 5.73 Å². The summed E-state index contributed by atoms with van der Waals surface area (Å²) in [5.74, 6) is 0. The molecule has 2 heteroatoms. The Hall–Kier alpha value is -0.860. The summed E-state index contributed by atoms with van der Waals surface area (Å²) >= 11 is 0. The number of aliphatic hydroxyl groups excluding tert-OH is 1. The first-order valence-electron chi connectivity index (χ1n) is 3.70. The van der Waals surface area contributed by atoms with Crippen molar-refractivity contribution in [2.45, 2.75) is 19.1 Å². The van der Waals surface area contributed by atoms with Gasteiger partial charge < -0.3 is 10.8 Å². The molecule has 0 radical (unpaired) electrons. The topological polar surface area (TPSA) is 46.2 Å². The average Bonchev–Trinajstić information content (AvgIpc) is 2.05. The quantitative estimate of drug-likeness (QED) is 0.664. The van der Waals surface area contributed by atoms with Gasteiger partial charge in [0.25, 0.3) is 0 Å². The van der Waals surface area contributed by atoms with Gasteiger partial charge in [-0.3, -0.25) is 0 Å². The lowest BCUT2D eigenvalue weighted by Gasteiger charge is -2.13. The molecular weight excluding hydrogens is 138 g/mol. The Kier molecular flexibility index (Phi) is 2.63. The minimum absolute atomic E-state index is 0.211. The smallest absolute Gasteiger partial charge is 0.0938 e. The Morgan fingerprint density at radius 3 is 2.27 bits per heavy atom. The van der Waals surface area contributed by atoms with Crippen LogP contribution in [0, 0.1) is 0 Å². The Bertz CT molecular complexity index is 208. The fourth-order valence-electron chi connectivity index (χ4n) is 0.954. The molecule has 11 heavy (non-hydrogen) atoms. The molecule has 2 nitrogen and oxygen atoms in total. The van der Waals surface area contributed by atoms with E-state index in [1.54, 1.807) is 6.92 Å². The summed E-state index contributed by atoms with van der Waals surface area (Å²) in [5, 5.41) is 9.47. The first-order chi connectivity index (χ1) is 5.22. The van der Waals surface area contributed by atoms with E-state index in [2.05, 4.69) is 0 Å². The van der Waals surface area contributed by atoms with Crippen LogP contribution in [0.1, 0.15) is 18.6 Å². The van der Waals surface area contributed by atoms with Gasteiger partial charge in [-0.2, -0.15) is 0 Å². The third-order valence-electron chi connectivity index (χ3n) is 1.64. The molecule has 1 aromatic rings. The van der Waals surface area contributed by atoms with E-state index in [0.29, 0.717) is 0 Å². The van der Waals surface area contributed by atoms with Crippen LogP contribution in [0.4, 0.5) is 0 Å². The van der Waals surface area contributed by atoms with Crippen molar-refractivity contribution in [1.82, 2.24) is 0 Å². The number of nitrogens with two attached hydrogens (primary N) is 1. The largest absolute Gasteiger partial charge is 0.387 e. The predicted octanol–water partition coefficient (Wildman–Crippen LogP) is 1.07. The third kappa shape index (κ3) is 2.03. The fraction of sp³-hybridized carbons (Fsp3) is 0.333. The zero-order valence-corrected chi connectivity index (χ0v) is 6.57. The Labute approximate surface area is 66.7 Å². The maximum atomic E-state index is 9.47. The van der Waals surface area contributed by atoms with Gasteiger partial charge in [0.05, 0.1) is 6.10 Å². The summed E-state index contributed by atoms with van der Waals surface area (Å²) in [4.78, 5) is 0. The summed E-state index contributed by atoms with van der Waals surface area (Å²) in [7, 11) is 0. The van der Waals surface area contributed by atoms with Gasteiger partial charge in [0.2, 0.25) is 0 Å². The number of benzene rings is 1. The zero-order valence-electron chi connectivity index (χ0n) is 6.57. The van der Waals surface area contributed by atoms with E-state index in [9.17, 15) is 5.11 Å². The van der Waals surface area contributed by atoms with E-state index in [1.807, 2.05) is 30.3 Å². The van der Waals surface area contributed by atoms with Crippen LogP contribution in [0.2, 0.25) is 0 Å². The lowest BCUT2D eigenvalue weighted by Crippen LogP contribution is -2.24. The summed E-state index contributed by atoms with van der Waals surface area (Å²) in [6.45, 7) is 1.79. The Morgan fingerprint density at radius 2 is 1.82 bits per heavy atom. The van der Waals surface area contributed by atoms with Crippen LogP contribution < -0.4 is 5.73 Å². The molecule has 60 valence electrons. The SMILES string of the molecule is CC(N)[C@H](O)c1ccccc1. The van der Waals surface area contributed by atoms with Crippen molar-refractivity contribution in [1.29, 1.82) is 0 Å². The molecule has 2 atom stereocenters. The Morgan fingerprint density at radius 1 is 1.27 bits per heavy atom. The molecule has 0 aliphatic carbocycles. The molecule has 0 fully saturated rings. The van der Waals surface area contributed by atoms with E-state index in [0.717, 1.165) is 5.56 Å². The second-order valence-corrected chi connectivity index (χ2v) is 2.71. The van der Waals surface area contributed by atoms with E-state index in [1.165, 1.54) is 0 Å². The van der Waals surface area contributed by atoms with Crippen molar-refractivity contribution >= 4 is 0 Å². The van der Waals surface area contributed by atoms with Crippen LogP contribution in [0.3, 0.4) is 0 Å². The van der Waals surface area contributed by atoms with Crippen LogP contribution in [0.25, 0.3) is 0 Å². The molecule has 0 amide bonds. The summed E-state index contributed by atoms with van der Waals surface area (Å²) in [6, 6.07) is 9.22. The van der Waals surface area contributed by atoms with Gasteiger partial charge in [0.15, 0.2) is 0 Å². The van der Waals surface area contributed by atoms with Crippen molar-refractivity contribution in [3.63, 3.8) is 0 Å². The predicted molar refractivity (Wildman–Crippen MR) is 45.1 cm³/mol. The Balaban J connectivity index is 2.77. The third-order valence-corrected chi connectivity index (χ3v) is 1.64. The molecule has 3 N–H and O–H groups in total. The molecule has 1 aromatic carbocycles. The minimum Gasteiger partial charge on any atom is -0.387 e. The summed E-state index contributed by atoms with van der Waals surface area (Å²) < 4.78 is 0. The van der Waals surface area contributed by atoms with E-state index < -0.39 is 6.10 Å². The molecule has 0 saturated heterocycles. The van der Waals surface area contributed by atoms with E-state index in [4.69, 9.17) is 5.73 Å². The van der Waals surface area contributed by atoms with Gasteiger partial charge in [-0.05, 0) is 12.5 Å². The van der Waals surface area contributed by atoms with Crippen molar-refractivity contribution in [3.05, 3.63) is 35.9 Å². The molecular formula is C9H13NO. The first-order valence-corrected chi connectivity index (χ1v) is 3.70. The number of hydrogen-bond acceptors (Lipinski definition) is 2. The van der Waals surface area contributed by atoms with E-state index in [-0.39, 0.29) is 6.04 Å². The molecule has 0 heterocycles. The number of aliphatic hydroxyl groups is 1. The highest BCUT2D eigenvalue weighted by atomic mass is 16.3. The van der Waals surface area contributed by atoms with Crippen molar-refractivity contribution < 1.29 is 5.11 Å². The van der Waals surface area contributed by atoms with Gasteiger partial charge in [0, 0.05) is 6.04 Å². The van der Waals surface area contributed by atoms with Gasteiger partial charge >= 0.3 is 0 Å². The summed E-state index contributed by atoms with van der Waals surface area (Å²) in [6.07, 6.45) is -0.545. The molecule has 0 aliphatic rings. The monoisotopic (exact) mass is 151 g/mol. The van der Waals surface area contributed by atoms with Crippen LogP contribution in [-0.4, -0.2) is 11.1 Å². The second-order valence-electron chi connectivity index (χ2n) is 2.71. The van der Waals surface area contributed by atoms with Gasteiger partial charge in [0.1, 0.15) is 0 Å². The van der Waals surface area contributed by atoms with Gasteiger partial charge in [-0.15, -0.1) is 0 Å². The second kappa shape index (κ2) is 3.51. The minimum atomic E-state index is -0.545. The highest BCUT2D eigenvalue weighted by Crippen LogP contribution is 2.13. The first kappa shape index (κ1) is 8.24. The van der Waals surface area contributed by atoms with Gasteiger partial charge in [-0.25, -0.2) is 0 Å². The van der Waals surface area contributed by atoms with Crippen molar-refractivity contribution in [2.75, 3.05) is 0 Å². The zero-order chi connectivity index (χ0) is 8.27. The summed E-state index contributed by atoms with van der Waals surface area (Å²) in [5.41, 5.74) is 6.40. The van der Waals surface area contributed by atoms with Gasteiger partial charge in [-0.1, -0.05) is 30.3 Å². The molecule has 1 rings (SSSR count). The normalized spacial score (nSPS) is 15.9. The lowest BCUT2D eigenvalue weighted by atomic mass is 10.0. The molecule has 0 aliphatic heterocycles. The number of rotatable bonds is 2. The van der Waals surface area contributed by atoms with Crippen LogP contribution >= 0.6 is 0 Å². The standard InChI is InChI=1S/C9H13NO/c1-7(10)9(11)8-5-3-2-4-6-8/h2-7,9,11H,10H2,1H3/t7?,9-/m0/s1. The van der Waals surface area contributed by atoms with E-state index >= 15 is 0 Å². The molecule has 0 bridgehead atoms. The van der Waals surface area contributed by atoms with Crippen molar-refractivity contribution in [3.8, 4) is 0 Å².